The first-order valence-corrected chi connectivity index (χ1v) is 20.8. The lowest BCUT2D eigenvalue weighted by Crippen LogP contribution is -2.46. The van der Waals surface area contributed by atoms with Gasteiger partial charge in [-0.1, -0.05) is 102 Å². The quantitative estimate of drug-likeness (QED) is 0.0873. The molecule has 0 saturated heterocycles. The fourth-order valence-electron chi connectivity index (χ4n) is 3.73. The lowest BCUT2D eigenvalue weighted by atomic mass is 9.96. The van der Waals surface area contributed by atoms with E-state index in [1.54, 1.807) is 13.0 Å². The second-order valence-electron chi connectivity index (χ2n) is 14.4. The third kappa shape index (κ3) is 14.4. The standard InChI is InChI=1S/C34H62O4Si2/c1-17-36-32(35)22-21-28(4)23-26(2)19-18-20-27(3)24-31(38-40(15,16)34(10,11)12)29(5)25-30(6)37-39(13,14)33(7,8)9/h18-24,29-31H,17,25H2,1-16H3/b20-18+,22-21+,26-19+,27-24+,28-23+/t29-,30-,31-/m0/s1. The summed E-state index contributed by atoms with van der Waals surface area (Å²) < 4.78 is 18.6. The maximum absolute atomic E-state index is 11.5. The van der Waals surface area contributed by atoms with Crippen molar-refractivity contribution in [2.24, 2.45) is 5.92 Å². The molecular weight excluding hydrogens is 529 g/mol. The predicted molar refractivity (Wildman–Crippen MR) is 180 cm³/mol. The molecule has 0 spiro atoms. The summed E-state index contributed by atoms with van der Waals surface area (Å²) in [7, 11) is -3.80. The van der Waals surface area contributed by atoms with Gasteiger partial charge in [0.2, 0.25) is 0 Å². The Morgan fingerprint density at radius 2 is 1.30 bits per heavy atom. The molecule has 0 aromatic carbocycles. The van der Waals surface area contributed by atoms with Crippen molar-refractivity contribution in [2.45, 2.75) is 138 Å². The summed E-state index contributed by atoms with van der Waals surface area (Å²) in [5.41, 5.74) is 3.28. The molecule has 3 atom stereocenters. The highest BCUT2D eigenvalue weighted by molar-refractivity contribution is 6.74. The Labute approximate surface area is 250 Å². The molecule has 0 fully saturated rings. The van der Waals surface area contributed by atoms with Crippen molar-refractivity contribution in [1.82, 2.24) is 0 Å². The van der Waals surface area contributed by atoms with Gasteiger partial charge in [-0.05, 0) is 83.2 Å². The number of rotatable bonds is 14. The molecule has 0 N–H and O–H groups in total. The van der Waals surface area contributed by atoms with Gasteiger partial charge >= 0.3 is 5.97 Å². The molecule has 0 heterocycles. The molecule has 0 aliphatic heterocycles. The smallest absolute Gasteiger partial charge is 0.330 e. The van der Waals surface area contributed by atoms with Crippen LogP contribution in [0, 0.1) is 5.92 Å². The van der Waals surface area contributed by atoms with E-state index in [1.807, 2.05) is 13.0 Å². The van der Waals surface area contributed by atoms with Gasteiger partial charge in [0.05, 0.1) is 12.7 Å². The van der Waals surface area contributed by atoms with E-state index in [4.69, 9.17) is 13.6 Å². The van der Waals surface area contributed by atoms with Crippen molar-refractivity contribution in [1.29, 1.82) is 0 Å². The zero-order valence-corrected chi connectivity index (χ0v) is 30.8. The SMILES string of the molecule is CCOC(=O)/C=C/C(C)=C/C(C)=C/C=C/C(C)=C/[C@H](O[Si](C)(C)C(C)(C)C)[C@@H](C)C[C@H](C)O[Si](C)(C)C(C)(C)C. The average Bonchev–Trinajstić information content (AvgIpc) is 2.75. The second kappa shape index (κ2) is 16.2. The van der Waals surface area contributed by atoms with Gasteiger partial charge in [-0.3, -0.25) is 0 Å². The number of esters is 1. The lowest BCUT2D eigenvalue weighted by molar-refractivity contribution is -0.137. The molecular formula is C34H62O4Si2. The Hall–Kier alpha value is -1.48. The van der Waals surface area contributed by atoms with Crippen LogP contribution in [-0.2, 0) is 18.4 Å². The minimum atomic E-state index is -1.97. The molecule has 0 aliphatic rings. The van der Waals surface area contributed by atoms with Gasteiger partial charge in [-0.2, -0.15) is 0 Å². The van der Waals surface area contributed by atoms with Gasteiger partial charge < -0.3 is 13.6 Å². The summed E-state index contributed by atoms with van der Waals surface area (Å²) in [6.07, 6.45) is 15.1. The Morgan fingerprint density at radius 3 is 1.80 bits per heavy atom. The summed E-state index contributed by atoms with van der Waals surface area (Å²) in [4.78, 5) is 11.5. The first kappa shape index (κ1) is 38.5. The Kier molecular flexibility index (Phi) is 15.6. The Balaban J connectivity index is 5.82. The third-order valence-corrected chi connectivity index (χ3v) is 17.3. The third-order valence-electron chi connectivity index (χ3n) is 8.17. The number of allylic oxidation sites excluding steroid dienone is 8. The average molecular weight is 591 g/mol. The van der Waals surface area contributed by atoms with Gasteiger partial charge in [0.1, 0.15) is 0 Å². The van der Waals surface area contributed by atoms with E-state index in [9.17, 15) is 4.79 Å². The van der Waals surface area contributed by atoms with Gasteiger partial charge in [0, 0.05) is 12.2 Å². The molecule has 0 aromatic rings. The minimum absolute atomic E-state index is 0.0243. The summed E-state index contributed by atoms with van der Waals surface area (Å²) in [6.45, 7) is 36.0. The summed E-state index contributed by atoms with van der Waals surface area (Å²) in [5, 5.41) is 0.330. The molecule has 0 saturated carbocycles. The van der Waals surface area contributed by atoms with Gasteiger partial charge in [-0.15, -0.1) is 0 Å². The monoisotopic (exact) mass is 590 g/mol. The molecule has 0 amide bonds. The number of hydrogen-bond acceptors (Lipinski definition) is 4. The van der Waals surface area contributed by atoms with Gasteiger partial charge in [0.25, 0.3) is 0 Å². The van der Waals surface area contributed by atoms with Crippen LogP contribution in [0.5, 0.6) is 0 Å². The van der Waals surface area contributed by atoms with Crippen LogP contribution >= 0.6 is 0 Å². The van der Waals surface area contributed by atoms with Crippen molar-refractivity contribution >= 4 is 22.6 Å². The van der Waals surface area contributed by atoms with Crippen LogP contribution in [0.2, 0.25) is 36.3 Å². The predicted octanol–water partition coefficient (Wildman–Crippen LogP) is 10.3. The Morgan fingerprint density at radius 1 is 0.775 bits per heavy atom. The maximum atomic E-state index is 11.5. The highest BCUT2D eigenvalue weighted by Gasteiger charge is 2.41. The molecule has 40 heavy (non-hydrogen) atoms. The van der Waals surface area contributed by atoms with Crippen molar-refractivity contribution in [2.75, 3.05) is 6.61 Å². The van der Waals surface area contributed by atoms with E-state index >= 15 is 0 Å². The van der Waals surface area contributed by atoms with E-state index < -0.39 is 16.6 Å². The van der Waals surface area contributed by atoms with Crippen LogP contribution in [-0.4, -0.2) is 41.4 Å². The topological polar surface area (TPSA) is 44.8 Å². The molecule has 0 aromatic heterocycles. The van der Waals surface area contributed by atoms with E-state index in [2.05, 4.69) is 120 Å². The molecule has 0 radical (unpaired) electrons. The van der Waals surface area contributed by atoms with Crippen molar-refractivity contribution in [3.63, 3.8) is 0 Å². The largest absolute Gasteiger partial charge is 0.463 e. The van der Waals surface area contributed by atoms with E-state index in [1.165, 1.54) is 11.6 Å². The lowest BCUT2D eigenvalue weighted by Gasteiger charge is -2.42. The first-order chi connectivity index (χ1) is 18.0. The second-order valence-corrected chi connectivity index (χ2v) is 23.9. The Bertz CT molecular complexity index is 953. The highest BCUT2D eigenvalue weighted by atomic mass is 28.4. The summed E-state index contributed by atoms with van der Waals surface area (Å²) >= 11 is 0. The highest BCUT2D eigenvalue weighted by Crippen LogP contribution is 2.40. The van der Waals surface area contributed by atoms with Crippen LogP contribution in [0.1, 0.15) is 89.5 Å². The molecule has 0 unspecified atom stereocenters. The summed E-state index contributed by atoms with van der Waals surface area (Å²) in [5.74, 6) is 0.00785. The fourth-order valence-corrected chi connectivity index (χ4v) is 6.52. The molecule has 0 bridgehead atoms. The molecule has 4 nitrogen and oxygen atoms in total. The number of carbonyl (C=O) groups is 1. The van der Waals surface area contributed by atoms with E-state index in [-0.39, 0.29) is 28.3 Å². The summed E-state index contributed by atoms with van der Waals surface area (Å²) in [6, 6.07) is 0. The maximum Gasteiger partial charge on any atom is 0.330 e. The number of carbonyl (C=O) groups excluding carboxylic acids is 1. The van der Waals surface area contributed by atoms with E-state index in [0.29, 0.717) is 12.5 Å². The first-order valence-electron chi connectivity index (χ1n) is 14.9. The van der Waals surface area contributed by atoms with Gasteiger partial charge in [-0.25, -0.2) is 4.79 Å². The van der Waals surface area contributed by atoms with E-state index in [0.717, 1.165) is 17.6 Å². The van der Waals surface area contributed by atoms with Crippen LogP contribution < -0.4 is 0 Å². The van der Waals surface area contributed by atoms with Crippen LogP contribution in [0.3, 0.4) is 0 Å². The zero-order valence-electron chi connectivity index (χ0n) is 28.8. The number of hydrogen-bond donors (Lipinski definition) is 0. The number of ether oxygens (including phenoxy) is 1. The van der Waals surface area contributed by atoms with Crippen LogP contribution in [0.25, 0.3) is 0 Å². The van der Waals surface area contributed by atoms with Crippen molar-refractivity contribution in [3.8, 4) is 0 Å². The van der Waals surface area contributed by atoms with Gasteiger partial charge in [0.15, 0.2) is 16.6 Å². The zero-order chi connectivity index (χ0) is 31.5. The minimum Gasteiger partial charge on any atom is -0.463 e. The normalized spacial score (nSPS) is 17.4. The van der Waals surface area contributed by atoms with Crippen LogP contribution in [0.15, 0.2) is 59.3 Å². The fraction of sp³-hybridized carbons (Fsp3) is 0.676. The van der Waals surface area contributed by atoms with Crippen LogP contribution in [0.4, 0.5) is 0 Å². The molecule has 0 aliphatic carbocycles. The molecule has 230 valence electrons. The molecule has 0 rings (SSSR count). The van der Waals surface area contributed by atoms with Crippen molar-refractivity contribution < 1.29 is 18.4 Å². The van der Waals surface area contributed by atoms with Crippen molar-refractivity contribution in [3.05, 3.63) is 59.3 Å². The molecule has 6 heteroatoms.